The normalized spacial score (nSPS) is 11.3. The molecule has 0 aromatic heterocycles. The van der Waals surface area contributed by atoms with Gasteiger partial charge in [0.15, 0.2) is 0 Å². The highest BCUT2D eigenvalue weighted by molar-refractivity contribution is 9.10. The van der Waals surface area contributed by atoms with Gasteiger partial charge in [0.05, 0.1) is 9.79 Å². The Balaban J connectivity index is 2.24. The summed E-state index contributed by atoms with van der Waals surface area (Å²) in [5, 5.41) is 8.65. The van der Waals surface area contributed by atoms with Crippen LogP contribution in [0, 0.1) is 0 Å². The number of rotatable bonds is 6. The summed E-state index contributed by atoms with van der Waals surface area (Å²) in [4.78, 5) is 11.0. The van der Waals surface area contributed by atoms with E-state index in [9.17, 15) is 13.2 Å². The number of sulfone groups is 1. The van der Waals surface area contributed by atoms with E-state index in [1.807, 2.05) is 0 Å². The van der Waals surface area contributed by atoms with Gasteiger partial charge < -0.3 is 5.11 Å². The molecule has 0 saturated heterocycles. The molecule has 0 fully saturated rings. The fraction of sp³-hybridized carbons (Fsp3) is 0.188. The smallest absolute Gasteiger partial charge is 0.303 e. The van der Waals surface area contributed by atoms with E-state index in [1.165, 1.54) is 0 Å². The van der Waals surface area contributed by atoms with Crippen molar-refractivity contribution in [1.82, 2.24) is 0 Å². The number of aryl methyl sites for hydroxylation is 1. The lowest BCUT2D eigenvalue weighted by molar-refractivity contribution is -0.137. The monoisotopic (exact) mass is 382 g/mol. The number of carboxylic acid groups (broad SMARTS) is 1. The van der Waals surface area contributed by atoms with Crippen molar-refractivity contribution in [3.8, 4) is 0 Å². The van der Waals surface area contributed by atoms with Crippen LogP contribution in [0.15, 0.2) is 62.8 Å². The van der Waals surface area contributed by atoms with Gasteiger partial charge in [-0.2, -0.15) is 0 Å². The number of aliphatic carboxylic acids is 1. The molecule has 22 heavy (non-hydrogen) atoms. The van der Waals surface area contributed by atoms with E-state index in [4.69, 9.17) is 5.11 Å². The molecule has 0 aliphatic carbocycles. The topological polar surface area (TPSA) is 71.4 Å². The van der Waals surface area contributed by atoms with Crippen molar-refractivity contribution in [3.63, 3.8) is 0 Å². The number of benzene rings is 2. The summed E-state index contributed by atoms with van der Waals surface area (Å²) in [7, 11) is -3.54. The molecule has 0 heterocycles. The zero-order valence-corrected chi connectivity index (χ0v) is 14.1. The first-order valence-corrected chi connectivity index (χ1v) is 8.99. The molecule has 0 unspecified atom stereocenters. The lowest BCUT2D eigenvalue weighted by Crippen LogP contribution is -2.03. The molecule has 2 aromatic carbocycles. The summed E-state index contributed by atoms with van der Waals surface area (Å²) in [6, 6.07) is 13.1. The third kappa shape index (κ3) is 3.96. The van der Waals surface area contributed by atoms with E-state index in [0.29, 0.717) is 17.3 Å². The average molecular weight is 383 g/mol. The van der Waals surface area contributed by atoms with E-state index in [0.717, 1.165) is 5.56 Å². The van der Waals surface area contributed by atoms with Gasteiger partial charge in [-0.3, -0.25) is 4.79 Å². The fourth-order valence-electron chi connectivity index (χ4n) is 2.06. The van der Waals surface area contributed by atoms with Gasteiger partial charge in [-0.1, -0.05) is 40.2 Å². The number of carbonyl (C=O) groups is 1. The third-order valence-electron chi connectivity index (χ3n) is 3.23. The van der Waals surface area contributed by atoms with E-state index in [2.05, 4.69) is 15.9 Å². The van der Waals surface area contributed by atoms with Crippen molar-refractivity contribution in [2.24, 2.45) is 0 Å². The van der Waals surface area contributed by atoms with Crippen molar-refractivity contribution >= 4 is 31.7 Å². The largest absolute Gasteiger partial charge is 0.481 e. The van der Waals surface area contributed by atoms with Gasteiger partial charge in [0.1, 0.15) is 0 Å². The van der Waals surface area contributed by atoms with Crippen molar-refractivity contribution in [3.05, 3.63) is 58.6 Å². The summed E-state index contributed by atoms with van der Waals surface area (Å²) in [5.41, 5.74) is 0.897. The summed E-state index contributed by atoms with van der Waals surface area (Å²) in [6.45, 7) is 0. The van der Waals surface area contributed by atoms with Crippen LogP contribution in [0.25, 0.3) is 0 Å². The second kappa shape index (κ2) is 7.07. The zero-order chi connectivity index (χ0) is 16.2. The van der Waals surface area contributed by atoms with Gasteiger partial charge in [0.25, 0.3) is 0 Å². The zero-order valence-electron chi connectivity index (χ0n) is 11.7. The Bertz CT molecular complexity index is 770. The van der Waals surface area contributed by atoms with Gasteiger partial charge >= 0.3 is 5.97 Å². The SMILES string of the molecule is O=C(O)CCCc1ccc(S(=O)(=O)c2ccccc2)cc1Br. The summed E-state index contributed by atoms with van der Waals surface area (Å²) >= 11 is 3.37. The molecule has 2 rings (SSSR count). The molecule has 116 valence electrons. The van der Waals surface area contributed by atoms with Gasteiger partial charge in [0, 0.05) is 10.9 Å². The highest BCUT2D eigenvalue weighted by Gasteiger charge is 2.18. The fourth-order valence-corrected chi connectivity index (χ4v) is 4.10. The van der Waals surface area contributed by atoms with Crippen molar-refractivity contribution in [2.75, 3.05) is 0 Å². The number of hydrogen-bond acceptors (Lipinski definition) is 3. The van der Waals surface area contributed by atoms with Crippen LogP contribution in [0.2, 0.25) is 0 Å². The van der Waals surface area contributed by atoms with Crippen LogP contribution in [0.4, 0.5) is 0 Å². The molecule has 4 nitrogen and oxygen atoms in total. The molecule has 0 amide bonds. The Morgan fingerprint density at radius 1 is 1.05 bits per heavy atom. The maximum atomic E-state index is 12.5. The molecule has 1 N–H and O–H groups in total. The Labute approximate surface area is 137 Å². The Kier molecular flexibility index (Phi) is 5.37. The molecule has 0 atom stereocenters. The van der Waals surface area contributed by atoms with Crippen LogP contribution < -0.4 is 0 Å². The standard InChI is InChI=1S/C16H15BrO4S/c17-15-11-14(10-9-12(15)5-4-8-16(18)19)22(20,21)13-6-2-1-3-7-13/h1-3,6-7,9-11H,4-5,8H2,(H,18,19). The van der Waals surface area contributed by atoms with Crippen LogP contribution in [-0.4, -0.2) is 19.5 Å². The van der Waals surface area contributed by atoms with Crippen LogP contribution in [0.1, 0.15) is 18.4 Å². The number of hydrogen-bond donors (Lipinski definition) is 1. The van der Waals surface area contributed by atoms with Gasteiger partial charge in [-0.25, -0.2) is 8.42 Å². The second-order valence-corrected chi connectivity index (χ2v) is 7.62. The predicted octanol–water partition coefficient (Wildman–Crippen LogP) is 3.69. The van der Waals surface area contributed by atoms with Crippen LogP contribution in [0.5, 0.6) is 0 Å². The molecule has 6 heteroatoms. The molecule has 0 bridgehead atoms. The van der Waals surface area contributed by atoms with Crippen molar-refractivity contribution < 1.29 is 18.3 Å². The maximum absolute atomic E-state index is 12.5. The second-order valence-electron chi connectivity index (χ2n) is 4.82. The molecule has 2 aromatic rings. The Morgan fingerprint density at radius 2 is 1.73 bits per heavy atom. The first-order chi connectivity index (χ1) is 10.4. The highest BCUT2D eigenvalue weighted by atomic mass is 79.9. The van der Waals surface area contributed by atoms with Crippen molar-refractivity contribution in [1.29, 1.82) is 0 Å². The molecule has 0 aliphatic heterocycles. The van der Waals surface area contributed by atoms with E-state index in [-0.39, 0.29) is 16.2 Å². The lowest BCUT2D eigenvalue weighted by Gasteiger charge is -2.08. The minimum Gasteiger partial charge on any atom is -0.481 e. The minimum atomic E-state index is -3.54. The third-order valence-corrected chi connectivity index (χ3v) is 5.73. The summed E-state index contributed by atoms with van der Waals surface area (Å²) in [5.74, 6) is -0.834. The molecule has 0 saturated carbocycles. The lowest BCUT2D eigenvalue weighted by atomic mass is 10.1. The van der Waals surface area contributed by atoms with E-state index < -0.39 is 15.8 Å². The van der Waals surface area contributed by atoms with E-state index >= 15 is 0 Å². The average Bonchev–Trinajstić information content (AvgIpc) is 2.49. The molecule has 0 aliphatic rings. The van der Waals surface area contributed by atoms with Gasteiger partial charge in [0.2, 0.25) is 9.84 Å². The Morgan fingerprint density at radius 3 is 2.32 bits per heavy atom. The van der Waals surface area contributed by atoms with Crippen LogP contribution >= 0.6 is 15.9 Å². The Hall–Kier alpha value is -1.66. The number of halogens is 1. The molecule has 0 spiro atoms. The first-order valence-electron chi connectivity index (χ1n) is 6.71. The van der Waals surface area contributed by atoms with E-state index in [1.54, 1.807) is 48.5 Å². The van der Waals surface area contributed by atoms with Crippen LogP contribution in [0.3, 0.4) is 0 Å². The minimum absolute atomic E-state index is 0.0938. The molecular formula is C16H15BrO4S. The van der Waals surface area contributed by atoms with Crippen LogP contribution in [-0.2, 0) is 21.1 Å². The van der Waals surface area contributed by atoms with Crippen molar-refractivity contribution in [2.45, 2.75) is 29.1 Å². The van der Waals surface area contributed by atoms with Gasteiger partial charge in [-0.15, -0.1) is 0 Å². The number of carboxylic acids is 1. The molecular weight excluding hydrogens is 368 g/mol. The highest BCUT2D eigenvalue weighted by Crippen LogP contribution is 2.26. The molecule has 0 radical (unpaired) electrons. The quantitative estimate of drug-likeness (QED) is 0.826. The van der Waals surface area contributed by atoms with Gasteiger partial charge in [-0.05, 0) is 42.7 Å². The summed E-state index contributed by atoms with van der Waals surface area (Å²) < 4.78 is 25.7. The first kappa shape index (κ1) is 16.7. The summed E-state index contributed by atoms with van der Waals surface area (Å²) in [6.07, 6.45) is 1.19. The predicted molar refractivity (Wildman–Crippen MR) is 86.6 cm³/mol. The maximum Gasteiger partial charge on any atom is 0.303 e.